The highest BCUT2D eigenvalue weighted by Gasteiger charge is 2.21. The largest absolute Gasteiger partial charge is 0.346 e. The van der Waals surface area contributed by atoms with Crippen molar-refractivity contribution in [1.29, 1.82) is 0 Å². The van der Waals surface area contributed by atoms with E-state index in [1.54, 1.807) is 18.9 Å². The molecule has 2 rings (SSSR count). The number of benzene rings is 2. The second kappa shape index (κ2) is 7.04. The van der Waals surface area contributed by atoms with Crippen molar-refractivity contribution in [3.63, 3.8) is 0 Å². The summed E-state index contributed by atoms with van der Waals surface area (Å²) in [5.74, 6) is -0.0117. The maximum absolute atomic E-state index is 11.5. The number of ether oxygens (including phenoxy) is 1. The van der Waals surface area contributed by atoms with Crippen molar-refractivity contribution in [3.8, 4) is 0 Å². The molecule has 0 radical (unpaired) electrons. The van der Waals surface area contributed by atoms with E-state index >= 15 is 0 Å². The van der Waals surface area contributed by atoms with E-state index in [0.29, 0.717) is 0 Å². The van der Waals surface area contributed by atoms with Crippen LogP contribution in [0.3, 0.4) is 0 Å². The Kier molecular flexibility index (Phi) is 5.12. The van der Waals surface area contributed by atoms with Crippen LogP contribution in [0.5, 0.6) is 0 Å². The van der Waals surface area contributed by atoms with Gasteiger partial charge in [0.25, 0.3) is 0 Å². The van der Waals surface area contributed by atoms with Crippen LogP contribution in [-0.4, -0.2) is 24.1 Å². The fourth-order valence-corrected chi connectivity index (χ4v) is 2.15. The zero-order valence-corrected chi connectivity index (χ0v) is 12.7. The molecule has 2 aromatic carbocycles. The molecule has 110 valence electrons. The number of rotatable bonds is 5. The maximum Gasteiger partial charge on any atom is 0.221 e. The summed E-state index contributed by atoms with van der Waals surface area (Å²) in [7, 11) is 1.75. The highest BCUT2D eigenvalue weighted by atomic mass is 16.5. The fraction of sp³-hybridized carbons (Fsp3) is 0.278. The second-order valence-corrected chi connectivity index (χ2v) is 5.07. The fourth-order valence-electron chi connectivity index (χ4n) is 2.15. The molecule has 3 heteroatoms. The number of carbonyl (C=O) groups excluding carboxylic acids is 1. The maximum atomic E-state index is 11.5. The molecule has 0 saturated carbocycles. The molecule has 0 spiro atoms. The Morgan fingerprint density at radius 3 is 1.76 bits per heavy atom. The Balaban J connectivity index is 2.27. The van der Waals surface area contributed by atoms with Crippen molar-refractivity contribution in [2.24, 2.45) is 0 Å². The third kappa shape index (κ3) is 3.92. The molecule has 2 aromatic rings. The number of hydrogen-bond acceptors (Lipinski definition) is 2. The van der Waals surface area contributed by atoms with E-state index in [-0.39, 0.29) is 18.2 Å². The lowest BCUT2D eigenvalue weighted by Gasteiger charge is -2.29. The molecule has 1 unspecified atom stereocenters. The second-order valence-electron chi connectivity index (χ2n) is 5.07. The van der Waals surface area contributed by atoms with E-state index < -0.39 is 0 Å². The number of amides is 1. The van der Waals surface area contributed by atoms with E-state index in [0.717, 1.165) is 11.1 Å². The summed E-state index contributed by atoms with van der Waals surface area (Å²) < 4.78 is 6.15. The van der Waals surface area contributed by atoms with Crippen LogP contribution in [0, 0.1) is 0 Å². The molecule has 0 N–H and O–H groups in total. The Bertz CT molecular complexity index is 529. The van der Waals surface area contributed by atoms with Gasteiger partial charge in [-0.15, -0.1) is 0 Å². The van der Waals surface area contributed by atoms with Crippen molar-refractivity contribution >= 4 is 5.91 Å². The molecule has 0 aliphatic heterocycles. The standard InChI is InChI=1S/C18H21NO2/c1-14(20)19(3)15(2)21-18(16-10-6-4-7-11-16)17-12-8-5-9-13-17/h4-13,15,18H,1-3H3. The number of nitrogens with zero attached hydrogens (tertiary/aromatic N) is 1. The molecule has 3 nitrogen and oxygen atoms in total. The Hall–Kier alpha value is -2.13. The third-order valence-corrected chi connectivity index (χ3v) is 3.58. The first-order chi connectivity index (χ1) is 10.1. The van der Waals surface area contributed by atoms with E-state index in [2.05, 4.69) is 0 Å². The van der Waals surface area contributed by atoms with Crippen molar-refractivity contribution in [2.75, 3.05) is 7.05 Å². The summed E-state index contributed by atoms with van der Waals surface area (Å²) in [6, 6.07) is 20.1. The topological polar surface area (TPSA) is 29.5 Å². The normalized spacial score (nSPS) is 12.2. The molecule has 1 amide bonds. The molecule has 0 saturated heterocycles. The first-order valence-electron chi connectivity index (χ1n) is 7.08. The molecule has 0 aliphatic rings. The first-order valence-corrected chi connectivity index (χ1v) is 7.08. The van der Waals surface area contributed by atoms with E-state index in [9.17, 15) is 4.79 Å². The zero-order chi connectivity index (χ0) is 15.2. The lowest BCUT2D eigenvalue weighted by atomic mass is 10.0. The average Bonchev–Trinajstić information content (AvgIpc) is 2.53. The first kappa shape index (κ1) is 15.3. The lowest BCUT2D eigenvalue weighted by Crippen LogP contribution is -2.36. The van der Waals surface area contributed by atoms with Gasteiger partial charge in [-0.2, -0.15) is 0 Å². The van der Waals surface area contributed by atoms with Crippen LogP contribution >= 0.6 is 0 Å². The van der Waals surface area contributed by atoms with E-state index in [4.69, 9.17) is 4.74 Å². The highest BCUT2D eigenvalue weighted by molar-refractivity contribution is 5.72. The van der Waals surface area contributed by atoms with Crippen molar-refractivity contribution in [1.82, 2.24) is 4.90 Å². The monoisotopic (exact) mass is 283 g/mol. The van der Waals surface area contributed by atoms with Gasteiger partial charge in [0.05, 0.1) is 0 Å². The van der Waals surface area contributed by atoms with Crippen LogP contribution < -0.4 is 0 Å². The van der Waals surface area contributed by atoms with Crippen LogP contribution in [0.1, 0.15) is 31.1 Å². The van der Waals surface area contributed by atoms with Gasteiger partial charge < -0.3 is 9.64 Å². The minimum Gasteiger partial charge on any atom is -0.346 e. The van der Waals surface area contributed by atoms with Gasteiger partial charge in [0.2, 0.25) is 5.91 Å². The van der Waals surface area contributed by atoms with Crippen LogP contribution in [0.25, 0.3) is 0 Å². The SMILES string of the molecule is CC(=O)N(C)C(C)OC(c1ccccc1)c1ccccc1. The van der Waals surface area contributed by atoms with Gasteiger partial charge in [-0.1, -0.05) is 60.7 Å². The van der Waals surface area contributed by atoms with Gasteiger partial charge >= 0.3 is 0 Å². The summed E-state index contributed by atoms with van der Waals surface area (Å²) in [6.07, 6.45) is -0.489. The minimum atomic E-state index is -0.298. The van der Waals surface area contributed by atoms with Crippen LogP contribution in [-0.2, 0) is 9.53 Å². The summed E-state index contributed by atoms with van der Waals surface area (Å²) in [5.41, 5.74) is 2.15. The van der Waals surface area contributed by atoms with Gasteiger partial charge in [0.15, 0.2) is 0 Å². The minimum absolute atomic E-state index is 0.0117. The molecule has 0 aliphatic carbocycles. The summed E-state index contributed by atoms with van der Waals surface area (Å²) in [6.45, 7) is 3.43. The van der Waals surface area contributed by atoms with E-state index in [1.807, 2.05) is 67.6 Å². The molecule has 21 heavy (non-hydrogen) atoms. The van der Waals surface area contributed by atoms with Crippen molar-refractivity contribution in [3.05, 3.63) is 71.8 Å². The van der Waals surface area contributed by atoms with Gasteiger partial charge in [-0.05, 0) is 18.1 Å². The zero-order valence-electron chi connectivity index (χ0n) is 12.7. The summed E-state index contributed by atoms with van der Waals surface area (Å²) in [5, 5.41) is 0. The van der Waals surface area contributed by atoms with Crippen molar-refractivity contribution < 1.29 is 9.53 Å². The highest BCUT2D eigenvalue weighted by Crippen LogP contribution is 2.27. The smallest absolute Gasteiger partial charge is 0.221 e. The van der Waals surface area contributed by atoms with E-state index in [1.165, 1.54) is 0 Å². The van der Waals surface area contributed by atoms with Gasteiger partial charge in [0, 0.05) is 14.0 Å². The molecule has 0 aromatic heterocycles. The quantitative estimate of drug-likeness (QED) is 0.784. The van der Waals surface area contributed by atoms with Crippen LogP contribution in [0.4, 0.5) is 0 Å². The Labute approximate surface area is 126 Å². The molecular formula is C18H21NO2. The van der Waals surface area contributed by atoms with Crippen molar-refractivity contribution in [2.45, 2.75) is 26.2 Å². The number of carbonyl (C=O) groups is 1. The molecule has 0 bridgehead atoms. The van der Waals surface area contributed by atoms with Gasteiger partial charge in [-0.25, -0.2) is 0 Å². The average molecular weight is 283 g/mol. The summed E-state index contributed by atoms with van der Waals surface area (Å²) in [4.78, 5) is 13.1. The number of hydrogen-bond donors (Lipinski definition) is 0. The third-order valence-electron chi connectivity index (χ3n) is 3.58. The van der Waals surface area contributed by atoms with Gasteiger partial charge in [0.1, 0.15) is 12.3 Å². The molecular weight excluding hydrogens is 262 g/mol. The summed E-state index contributed by atoms with van der Waals surface area (Å²) >= 11 is 0. The Morgan fingerprint density at radius 2 is 1.38 bits per heavy atom. The lowest BCUT2D eigenvalue weighted by molar-refractivity contribution is -0.142. The predicted octanol–water partition coefficient (Wildman–Crippen LogP) is 3.62. The molecule has 0 heterocycles. The Morgan fingerprint density at radius 1 is 0.952 bits per heavy atom. The predicted molar refractivity (Wildman–Crippen MR) is 83.7 cm³/mol. The van der Waals surface area contributed by atoms with Crippen LogP contribution in [0.2, 0.25) is 0 Å². The van der Waals surface area contributed by atoms with Crippen LogP contribution in [0.15, 0.2) is 60.7 Å². The van der Waals surface area contributed by atoms with Gasteiger partial charge in [-0.3, -0.25) is 4.79 Å². The molecule has 0 fully saturated rings. The molecule has 1 atom stereocenters.